The Balaban J connectivity index is 2.27. The van der Waals surface area contributed by atoms with E-state index in [2.05, 4.69) is 15.5 Å². The van der Waals surface area contributed by atoms with E-state index >= 15 is 0 Å². The lowest BCUT2D eigenvalue weighted by molar-refractivity contribution is 0.0930. The van der Waals surface area contributed by atoms with Crippen LogP contribution in [0, 0.1) is 0 Å². The van der Waals surface area contributed by atoms with Crippen molar-refractivity contribution in [3.8, 4) is 5.75 Å². The smallest absolute Gasteiger partial charge is 0.255 e. The number of carbonyl (C=O) groups is 1. The summed E-state index contributed by atoms with van der Waals surface area (Å²) in [6.45, 7) is 5.49. The number of nitrogens with zero attached hydrogens (tertiary/aromatic N) is 2. The van der Waals surface area contributed by atoms with Gasteiger partial charge in [0.2, 0.25) is 21.8 Å². The van der Waals surface area contributed by atoms with Gasteiger partial charge in [-0.05, 0) is 25.1 Å². The molecular weight excluding hydrogens is 348 g/mol. The monoisotopic (exact) mass is 368 g/mol. The quantitative estimate of drug-likeness (QED) is 0.784. The molecule has 25 heavy (non-hydrogen) atoms. The minimum absolute atomic E-state index is 0.0319. The number of ether oxygens (including phenoxy) is 1. The molecule has 0 fully saturated rings. The van der Waals surface area contributed by atoms with E-state index in [-0.39, 0.29) is 28.0 Å². The van der Waals surface area contributed by atoms with Crippen molar-refractivity contribution in [1.82, 2.24) is 15.5 Å². The Morgan fingerprint density at radius 3 is 2.40 bits per heavy atom. The molecule has 2 aromatic rings. The Bertz CT molecular complexity index is 876. The number of nitrogens with one attached hydrogen (secondary N) is 1. The van der Waals surface area contributed by atoms with E-state index in [9.17, 15) is 13.2 Å². The van der Waals surface area contributed by atoms with Crippen LogP contribution in [-0.2, 0) is 10.0 Å². The van der Waals surface area contributed by atoms with Crippen molar-refractivity contribution in [2.24, 2.45) is 5.14 Å². The molecule has 0 bridgehead atoms. The van der Waals surface area contributed by atoms with Crippen LogP contribution in [-0.4, -0.2) is 31.6 Å². The van der Waals surface area contributed by atoms with Crippen molar-refractivity contribution < 1.29 is 22.4 Å². The van der Waals surface area contributed by atoms with Gasteiger partial charge in [0.1, 0.15) is 11.8 Å². The number of hydrogen-bond donors (Lipinski definition) is 2. The number of hydrogen-bond acceptors (Lipinski definition) is 7. The number of rotatable bonds is 6. The van der Waals surface area contributed by atoms with Crippen LogP contribution < -0.4 is 15.2 Å². The lowest BCUT2D eigenvalue weighted by Crippen LogP contribution is -2.27. The second-order valence-electron chi connectivity index (χ2n) is 5.74. The third kappa shape index (κ3) is 4.34. The Kier molecular flexibility index (Phi) is 5.43. The first-order valence-corrected chi connectivity index (χ1v) is 9.03. The summed E-state index contributed by atoms with van der Waals surface area (Å²) in [6, 6.07) is 3.21. The number of nitrogens with two attached hydrogens (primary N) is 1. The van der Waals surface area contributed by atoms with Gasteiger partial charge < -0.3 is 14.5 Å². The molecule has 1 amide bonds. The van der Waals surface area contributed by atoms with Crippen molar-refractivity contribution in [2.45, 2.75) is 37.6 Å². The first-order chi connectivity index (χ1) is 11.6. The van der Waals surface area contributed by atoms with Crippen LogP contribution in [0.1, 0.15) is 54.9 Å². The van der Waals surface area contributed by atoms with E-state index in [4.69, 9.17) is 14.3 Å². The molecule has 1 unspecified atom stereocenters. The van der Waals surface area contributed by atoms with Crippen LogP contribution in [0.15, 0.2) is 27.5 Å². The summed E-state index contributed by atoms with van der Waals surface area (Å²) in [5.74, 6) is 0.434. The molecule has 3 N–H and O–H groups in total. The summed E-state index contributed by atoms with van der Waals surface area (Å²) < 4.78 is 33.6. The molecule has 1 heterocycles. The van der Waals surface area contributed by atoms with Gasteiger partial charge in [-0.1, -0.05) is 13.8 Å². The molecule has 2 rings (SSSR count). The molecule has 1 atom stereocenters. The Morgan fingerprint density at radius 1 is 1.24 bits per heavy atom. The Hall–Kier alpha value is -2.46. The highest BCUT2D eigenvalue weighted by atomic mass is 32.2. The van der Waals surface area contributed by atoms with Gasteiger partial charge in [0.05, 0.1) is 17.6 Å². The topological polar surface area (TPSA) is 137 Å². The molecule has 1 aromatic carbocycles. The van der Waals surface area contributed by atoms with Gasteiger partial charge in [-0.2, -0.15) is 0 Å². The summed E-state index contributed by atoms with van der Waals surface area (Å²) in [5.41, 5.74) is 0.0319. The van der Waals surface area contributed by atoms with Crippen LogP contribution in [0.25, 0.3) is 0 Å². The van der Waals surface area contributed by atoms with E-state index in [0.29, 0.717) is 5.89 Å². The highest BCUT2D eigenvalue weighted by Crippen LogP contribution is 2.23. The lowest BCUT2D eigenvalue weighted by Gasteiger charge is -2.13. The number of primary sulfonamides is 1. The Labute approximate surface area is 145 Å². The predicted molar refractivity (Wildman–Crippen MR) is 88.6 cm³/mol. The fraction of sp³-hybridized carbons (Fsp3) is 0.400. The summed E-state index contributed by atoms with van der Waals surface area (Å²) in [6.07, 6.45) is 0. The van der Waals surface area contributed by atoms with Crippen LogP contribution in [0.3, 0.4) is 0 Å². The number of benzene rings is 1. The molecule has 0 saturated carbocycles. The second-order valence-corrected chi connectivity index (χ2v) is 7.30. The molecule has 0 saturated heterocycles. The molecular formula is C15H20N4O5S. The lowest BCUT2D eigenvalue weighted by atomic mass is 10.1. The average Bonchev–Trinajstić information content (AvgIpc) is 3.03. The van der Waals surface area contributed by atoms with Crippen LogP contribution in [0.2, 0.25) is 0 Å². The number of aromatic nitrogens is 2. The summed E-state index contributed by atoms with van der Waals surface area (Å²) >= 11 is 0. The third-order valence-corrected chi connectivity index (χ3v) is 4.32. The van der Waals surface area contributed by atoms with Crippen LogP contribution in [0.4, 0.5) is 0 Å². The summed E-state index contributed by atoms with van der Waals surface area (Å²) in [7, 11) is -2.57. The van der Waals surface area contributed by atoms with Gasteiger partial charge in [-0.15, -0.1) is 10.2 Å². The minimum atomic E-state index is -3.95. The molecule has 0 aliphatic rings. The normalized spacial score (nSPS) is 12.9. The first-order valence-electron chi connectivity index (χ1n) is 7.48. The zero-order valence-electron chi connectivity index (χ0n) is 14.3. The number of sulfonamides is 1. The molecule has 9 nitrogen and oxygen atoms in total. The van der Waals surface area contributed by atoms with E-state index < -0.39 is 22.0 Å². The predicted octanol–water partition coefficient (Wildman–Crippen LogP) is 1.34. The van der Waals surface area contributed by atoms with Crippen LogP contribution in [0.5, 0.6) is 5.75 Å². The first kappa shape index (κ1) is 18.9. The Morgan fingerprint density at radius 2 is 1.88 bits per heavy atom. The van der Waals surface area contributed by atoms with Gasteiger partial charge in [0.15, 0.2) is 0 Å². The zero-order chi connectivity index (χ0) is 18.8. The standard InChI is InChI=1S/C15H20N4O5S/c1-8(2)14-18-19-15(24-14)9(3)17-13(20)11-7-10(25(16,21)22)5-6-12(11)23-4/h5-9H,1-4H3,(H,17,20)(H2,16,21,22). The van der Waals surface area contributed by atoms with Crippen molar-refractivity contribution in [3.63, 3.8) is 0 Å². The van der Waals surface area contributed by atoms with Crippen molar-refractivity contribution in [1.29, 1.82) is 0 Å². The van der Waals surface area contributed by atoms with Gasteiger partial charge in [-0.3, -0.25) is 4.79 Å². The summed E-state index contributed by atoms with van der Waals surface area (Å²) in [5, 5.41) is 15.6. The maximum atomic E-state index is 12.5. The second kappa shape index (κ2) is 7.19. The maximum Gasteiger partial charge on any atom is 0.255 e. The maximum absolute atomic E-state index is 12.5. The molecule has 0 spiro atoms. The third-order valence-electron chi connectivity index (χ3n) is 3.41. The SMILES string of the molecule is COc1ccc(S(N)(=O)=O)cc1C(=O)NC(C)c1nnc(C(C)C)o1. The van der Waals surface area contributed by atoms with E-state index in [0.717, 1.165) is 6.07 Å². The zero-order valence-corrected chi connectivity index (χ0v) is 15.1. The molecule has 0 aliphatic heterocycles. The number of amides is 1. The van der Waals surface area contributed by atoms with Gasteiger partial charge in [0, 0.05) is 5.92 Å². The van der Waals surface area contributed by atoms with Crippen LogP contribution >= 0.6 is 0 Å². The molecule has 10 heteroatoms. The fourth-order valence-electron chi connectivity index (χ4n) is 2.03. The highest BCUT2D eigenvalue weighted by molar-refractivity contribution is 7.89. The summed E-state index contributed by atoms with van der Waals surface area (Å²) in [4.78, 5) is 12.3. The molecule has 1 aromatic heterocycles. The molecule has 0 aliphatic carbocycles. The fourth-order valence-corrected chi connectivity index (χ4v) is 2.57. The number of carbonyl (C=O) groups excluding carboxylic acids is 1. The van der Waals surface area contributed by atoms with E-state index in [1.54, 1.807) is 6.92 Å². The highest BCUT2D eigenvalue weighted by Gasteiger charge is 2.22. The van der Waals surface area contributed by atoms with Gasteiger partial charge in [-0.25, -0.2) is 13.6 Å². The molecule has 136 valence electrons. The number of methoxy groups -OCH3 is 1. The van der Waals surface area contributed by atoms with E-state index in [1.165, 1.54) is 19.2 Å². The van der Waals surface area contributed by atoms with Crippen molar-refractivity contribution >= 4 is 15.9 Å². The largest absolute Gasteiger partial charge is 0.496 e. The van der Waals surface area contributed by atoms with Crippen molar-refractivity contribution in [2.75, 3.05) is 7.11 Å². The minimum Gasteiger partial charge on any atom is -0.496 e. The van der Waals surface area contributed by atoms with Gasteiger partial charge in [0.25, 0.3) is 5.91 Å². The van der Waals surface area contributed by atoms with Gasteiger partial charge >= 0.3 is 0 Å². The average molecular weight is 368 g/mol. The van der Waals surface area contributed by atoms with Crippen molar-refractivity contribution in [3.05, 3.63) is 35.5 Å². The molecule has 0 radical (unpaired) electrons. The van der Waals surface area contributed by atoms with E-state index in [1.807, 2.05) is 13.8 Å².